The molecular formula is C25H27N5O3. The van der Waals surface area contributed by atoms with Gasteiger partial charge in [0.05, 0.1) is 24.2 Å². The minimum Gasteiger partial charge on any atom is -0.497 e. The Labute approximate surface area is 191 Å². The van der Waals surface area contributed by atoms with Crippen molar-refractivity contribution >= 4 is 33.9 Å². The van der Waals surface area contributed by atoms with Gasteiger partial charge in [-0.3, -0.25) is 4.79 Å². The molecule has 1 fully saturated rings. The molecule has 4 aromatic rings. The third kappa shape index (κ3) is 4.21. The van der Waals surface area contributed by atoms with Gasteiger partial charge in [0.2, 0.25) is 0 Å². The SMILES string of the molecule is COc1ccc(CCn2c(N)c(C(=O)NCC3CCCO3)c3nc4ccccc4nc32)cc1. The maximum Gasteiger partial charge on any atom is 0.257 e. The first-order chi connectivity index (χ1) is 16.1. The molecule has 0 aliphatic carbocycles. The number of ether oxygens (including phenoxy) is 2. The van der Waals surface area contributed by atoms with Crippen LogP contribution in [0.3, 0.4) is 0 Å². The number of nitrogen functional groups attached to an aromatic ring is 1. The molecule has 8 heteroatoms. The van der Waals surface area contributed by atoms with E-state index in [0.29, 0.717) is 35.6 Å². The second-order valence-electron chi connectivity index (χ2n) is 8.24. The summed E-state index contributed by atoms with van der Waals surface area (Å²) in [6, 6.07) is 15.5. The monoisotopic (exact) mass is 445 g/mol. The number of nitrogens with one attached hydrogen (secondary N) is 1. The number of carbonyl (C=O) groups excluding carboxylic acids is 1. The van der Waals surface area contributed by atoms with E-state index in [4.69, 9.17) is 25.2 Å². The number of benzene rings is 2. The summed E-state index contributed by atoms with van der Waals surface area (Å²) in [4.78, 5) is 22.8. The van der Waals surface area contributed by atoms with Gasteiger partial charge in [-0.25, -0.2) is 9.97 Å². The zero-order chi connectivity index (χ0) is 22.8. The molecule has 2 aromatic carbocycles. The smallest absolute Gasteiger partial charge is 0.257 e. The van der Waals surface area contributed by atoms with Crippen molar-refractivity contribution in [1.29, 1.82) is 0 Å². The summed E-state index contributed by atoms with van der Waals surface area (Å²) < 4.78 is 12.8. The maximum absolute atomic E-state index is 13.2. The molecular weight excluding hydrogens is 418 g/mol. The second kappa shape index (κ2) is 9.07. The Morgan fingerprint density at radius 2 is 1.94 bits per heavy atom. The van der Waals surface area contributed by atoms with Crippen molar-refractivity contribution in [3.05, 3.63) is 59.7 Å². The number of hydrogen-bond acceptors (Lipinski definition) is 6. The number of hydrogen-bond donors (Lipinski definition) is 2. The number of anilines is 1. The fourth-order valence-corrected chi connectivity index (χ4v) is 4.30. The van der Waals surface area contributed by atoms with Gasteiger partial charge in [-0.2, -0.15) is 0 Å². The molecule has 1 atom stereocenters. The van der Waals surface area contributed by atoms with Crippen LogP contribution in [0.5, 0.6) is 5.75 Å². The maximum atomic E-state index is 13.2. The molecule has 0 saturated carbocycles. The quantitative estimate of drug-likeness (QED) is 0.452. The number of nitrogens with two attached hydrogens (primary N) is 1. The average Bonchev–Trinajstić information content (AvgIpc) is 3.46. The Balaban J connectivity index is 1.50. The molecule has 1 aliphatic rings. The molecule has 5 rings (SSSR count). The molecule has 8 nitrogen and oxygen atoms in total. The van der Waals surface area contributed by atoms with Crippen LogP contribution in [0, 0.1) is 0 Å². The zero-order valence-electron chi connectivity index (χ0n) is 18.6. The standard InChI is InChI=1S/C25H27N5O3/c1-32-17-10-8-16(9-11-17)12-13-30-23(26)21(25(31)27-15-18-5-4-14-33-18)22-24(30)29-20-7-3-2-6-19(20)28-22/h2-3,6-11,18H,4-5,12-15,26H2,1H3,(H,27,31). The summed E-state index contributed by atoms with van der Waals surface area (Å²) >= 11 is 0. The van der Waals surface area contributed by atoms with Crippen molar-refractivity contribution in [2.45, 2.75) is 31.9 Å². The topological polar surface area (TPSA) is 104 Å². The summed E-state index contributed by atoms with van der Waals surface area (Å²) in [5.41, 5.74) is 10.7. The second-order valence-corrected chi connectivity index (χ2v) is 8.24. The minimum absolute atomic E-state index is 0.0468. The Bertz CT molecular complexity index is 1290. The van der Waals surface area contributed by atoms with E-state index in [-0.39, 0.29) is 12.0 Å². The van der Waals surface area contributed by atoms with Crippen LogP contribution in [-0.2, 0) is 17.7 Å². The lowest BCUT2D eigenvalue weighted by Gasteiger charge is -2.11. The number of aryl methyl sites for hydroxylation is 2. The van der Waals surface area contributed by atoms with Gasteiger partial charge in [-0.15, -0.1) is 0 Å². The van der Waals surface area contributed by atoms with Crippen molar-refractivity contribution in [3.8, 4) is 5.75 Å². The number of nitrogens with zero attached hydrogens (tertiary/aromatic N) is 3. The van der Waals surface area contributed by atoms with Crippen LogP contribution in [0.15, 0.2) is 48.5 Å². The molecule has 1 aliphatic heterocycles. The number of amides is 1. The third-order valence-electron chi connectivity index (χ3n) is 6.12. The predicted molar refractivity (Wildman–Crippen MR) is 127 cm³/mol. The molecule has 0 radical (unpaired) electrons. The molecule has 3 heterocycles. The summed E-state index contributed by atoms with van der Waals surface area (Å²) in [7, 11) is 1.65. The first-order valence-corrected chi connectivity index (χ1v) is 11.2. The number of aromatic nitrogens is 3. The highest BCUT2D eigenvalue weighted by molar-refractivity contribution is 6.10. The van der Waals surface area contributed by atoms with E-state index in [9.17, 15) is 4.79 Å². The number of para-hydroxylation sites is 2. The van der Waals surface area contributed by atoms with Gasteiger partial charge in [0.15, 0.2) is 5.65 Å². The lowest BCUT2D eigenvalue weighted by atomic mass is 10.1. The van der Waals surface area contributed by atoms with Crippen molar-refractivity contribution in [1.82, 2.24) is 19.9 Å². The summed E-state index contributed by atoms with van der Waals surface area (Å²) in [6.45, 7) is 1.77. The summed E-state index contributed by atoms with van der Waals surface area (Å²) in [5, 5.41) is 2.98. The largest absolute Gasteiger partial charge is 0.497 e. The molecule has 1 unspecified atom stereocenters. The van der Waals surface area contributed by atoms with Gasteiger partial charge < -0.3 is 25.1 Å². The van der Waals surface area contributed by atoms with Crippen LogP contribution in [0.2, 0.25) is 0 Å². The highest BCUT2D eigenvalue weighted by Crippen LogP contribution is 2.28. The number of fused-ring (bicyclic) bond motifs is 2. The van der Waals surface area contributed by atoms with E-state index < -0.39 is 0 Å². The first kappa shape index (κ1) is 21.2. The molecule has 170 valence electrons. The van der Waals surface area contributed by atoms with Crippen molar-refractivity contribution in [2.75, 3.05) is 26.0 Å². The van der Waals surface area contributed by atoms with Gasteiger partial charge in [0.1, 0.15) is 22.6 Å². The van der Waals surface area contributed by atoms with Crippen LogP contribution in [-0.4, -0.2) is 46.8 Å². The van der Waals surface area contributed by atoms with E-state index in [1.54, 1.807) is 7.11 Å². The van der Waals surface area contributed by atoms with Crippen molar-refractivity contribution in [3.63, 3.8) is 0 Å². The lowest BCUT2D eigenvalue weighted by molar-refractivity contribution is 0.0859. The zero-order valence-corrected chi connectivity index (χ0v) is 18.6. The summed E-state index contributed by atoms with van der Waals surface area (Å²) in [5.74, 6) is 0.937. The van der Waals surface area contributed by atoms with Crippen LogP contribution in [0.25, 0.3) is 22.2 Å². The Morgan fingerprint density at radius 3 is 2.64 bits per heavy atom. The summed E-state index contributed by atoms with van der Waals surface area (Å²) in [6.07, 6.45) is 2.74. The molecule has 33 heavy (non-hydrogen) atoms. The van der Waals surface area contributed by atoms with Crippen molar-refractivity contribution < 1.29 is 14.3 Å². The van der Waals surface area contributed by atoms with Crippen LogP contribution in [0.4, 0.5) is 5.82 Å². The molecule has 3 N–H and O–H groups in total. The van der Waals surface area contributed by atoms with E-state index in [2.05, 4.69) is 5.32 Å². The molecule has 1 saturated heterocycles. The third-order valence-corrected chi connectivity index (χ3v) is 6.12. The molecule has 0 spiro atoms. The Hall–Kier alpha value is -3.65. The normalized spacial score (nSPS) is 15.8. The van der Waals surface area contributed by atoms with E-state index in [0.717, 1.165) is 48.2 Å². The first-order valence-electron chi connectivity index (χ1n) is 11.2. The number of rotatable bonds is 7. The fraction of sp³-hybridized carbons (Fsp3) is 0.320. The predicted octanol–water partition coefficient (Wildman–Crippen LogP) is 3.33. The van der Waals surface area contributed by atoms with E-state index >= 15 is 0 Å². The van der Waals surface area contributed by atoms with Crippen LogP contribution in [0.1, 0.15) is 28.8 Å². The molecule has 1 amide bonds. The van der Waals surface area contributed by atoms with Gasteiger partial charge in [-0.05, 0) is 49.1 Å². The average molecular weight is 446 g/mol. The van der Waals surface area contributed by atoms with Gasteiger partial charge in [0.25, 0.3) is 5.91 Å². The fourth-order valence-electron chi connectivity index (χ4n) is 4.30. The lowest BCUT2D eigenvalue weighted by Crippen LogP contribution is -2.32. The molecule has 0 bridgehead atoms. The van der Waals surface area contributed by atoms with E-state index in [1.165, 1.54) is 0 Å². The van der Waals surface area contributed by atoms with Gasteiger partial charge >= 0.3 is 0 Å². The highest BCUT2D eigenvalue weighted by atomic mass is 16.5. The highest BCUT2D eigenvalue weighted by Gasteiger charge is 2.25. The van der Waals surface area contributed by atoms with Crippen LogP contribution >= 0.6 is 0 Å². The minimum atomic E-state index is -0.249. The van der Waals surface area contributed by atoms with Gasteiger partial charge in [-0.1, -0.05) is 24.3 Å². The van der Waals surface area contributed by atoms with Crippen LogP contribution < -0.4 is 15.8 Å². The van der Waals surface area contributed by atoms with E-state index in [1.807, 2.05) is 53.1 Å². The number of methoxy groups -OCH3 is 1. The molecule has 2 aromatic heterocycles. The van der Waals surface area contributed by atoms with Gasteiger partial charge in [0, 0.05) is 19.7 Å². The Morgan fingerprint density at radius 1 is 1.18 bits per heavy atom. The van der Waals surface area contributed by atoms with Crippen molar-refractivity contribution in [2.24, 2.45) is 0 Å². The Kier molecular flexibility index (Phi) is 5.83. The number of carbonyl (C=O) groups is 1.